The molecule has 0 atom stereocenters. The molecule has 1 aromatic heterocycles. The van der Waals surface area contributed by atoms with Crippen LogP contribution in [0.3, 0.4) is 0 Å². The topological polar surface area (TPSA) is 88.2 Å². The van der Waals surface area contributed by atoms with E-state index in [1.54, 1.807) is 30.3 Å². The quantitative estimate of drug-likeness (QED) is 0.466. The molecule has 0 radical (unpaired) electrons. The zero-order chi connectivity index (χ0) is 21.6. The van der Waals surface area contributed by atoms with Crippen molar-refractivity contribution in [2.24, 2.45) is 0 Å². The molecule has 0 saturated carbocycles. The van der Waals surface area contributed by atoms with E-state index in [2.05, 4.69) is 21.6 Å². The van der Waals surface area contributed by atoms with Crippen LogP contribution >= 0.6 is 22.9 Å². The highest BCUT2D eigenvalue weighted by Gasteiger charge is 2.12. The van der Waals surface area contributed by atoms with Gasteiger partial charge in [0, 0.05) is 23.2 Å². The van der Waals surface area contributed by atoms with Gasteiger partial charge in [0.05, 0.1) is 22.9 Å². The van der Waals surface area contributed by atoms with E-state index in [9.17, 15) is 13.2 Å². The van der Waals surface area contributed by atoms with Crippen molar-refractivity contribution in [1.82, 2.24) is 9.71 Å². The van der Waals surface area contributed by atoms with Gasteiger partial charge in [0.25, 0.3) is 0 Å². The van der Waals surface area contributed by atoms with E-state index in [0.29, 0.717) is 22.0 Å². The van der Waals surface area contributed by atoms with Gasteiger partial charge >= 0.3 is 0 Å². The van der Waals surface area contributed by atoms with Crippen LogP contribution in [0.15, 0.2) is 66.6 Å². The molecule has 0 saturated heterocycles. The Labute approximate surface area is 184 Å². The van der Waals surface area contributed by atoms with E-state index in [0.717, 1.165) is 10.6 Å². The van der Waals surface area contributed by atoms with Crippen molar-refractivity contribution in [1.29, 1.82) is 0 Å². The van der Waals surface area contributed by atoms with Crippen molar-refractivity contribution in [2.75, 3.05) is 11.9 Å². The Morgan fingerprint density at radius 2 is 1.90 bits per heavy atom. The molecule has 6 nitrogen and oxygen atoms in total. The maximum Gasteiger partial charge on any atom is 0.230 e. The van der Waals surface area contributed by atoms with Crippen molar-refractivity contribution in [3.8, 4) is 10.6 Å². The Kier molecular flexibility index (Phi) is 7.38. The molecule has 3 aromatic rings. The van der Waals surface area contributed by atoms with Gasteiger partial charge in [-0.1, -0.05) is 48.0 Å². The van der Waals surface area contributed by atoms with E-state index < -0.39 is 10.0 Å². The van der Waals surface area contributed by atoms with Gasteiger partial charge in [-0.05, 0) is 23.8 Å². The monoisotopic (exact) mass is 461 g/mol. The Morgan fingerprint density at radius 3 is 2.60 bits per heavy atom. The number of sulfonamides is 1. The molecule has 9 heteroatoms. The number of thiazole rings is 1. The molecule has 0 unspecified atom stereocenters. The minimum absolute atomic E-state index is 0.128. The molecule has 2 aromatic carbocycles. The van der Waals surface area contributed by atoms with E-state index in [-0.39, 0.29) is 24.6 Å². The van der Waals surface area contributed by atoms with Crippen molar-refractivity contribution in [3.63, 3.8) is 0 Å². The van der Waals surface area contributed by atoms with E-state index >= 15 is 0 Å². The van der Waals surface area contributed by atoms with Gasteiger partial charge in [-0.25, -0.2) is 18.1 Å². The average Bonchev–Trinajstić information content (AvgIpc) is 3.16. The van der Waals surface area contributed by atoms with Crippen LogP contribution in [0.2, 0.25) is 5.02 Å². The van der Waals surface area contributed by atoms with Gasteiger partial charge < -0.3 is 5.32 Å². The number of anilines is 1. The standard InChI is InChI=1S/C21H20ClN3O3S2/c1-2-11-23-30(27,28)14-15-7-9-16(10-8-15)24-20(26)12-17-13-29-21(25-17)18-5-3-4-6-19(18)22/h2-10,13,23H,1,11-12,14H2,(H,24,26). The van der Waals surface area contributed by atoms with Crippen LogP contribution in [0.25, 0.3) is 10.6 Å². The van der Waals surface area contributed by atoms with Crippen LogP contribution in [0.4, 0.5) is 5.69 Å². The molecule has 30 heavy (non-hydrogen) atoms. The summed E-state index contributed by atoms with van der Waals surface area (Å²) in [6.45, 7) is 3.67. The third kappa shape index (κ3) is 6.24. The lowest BCUT2D eigenvalue weighted by Gasteiger charge is -2.07. The molecule has 1 amide bonds. The maximum absolute atomic E-state index is 12.3. The molecule has 3 rings (SSSR count). The first kappa shape index (κ1) is 22.2. The number of nitrogens with one attached hydrogen (secondary N) is 2. The molecule has 0 fully saturated rings. The average molecular weight is 462 g/mol. The molecule has 0 aliphatic rings. The Hall–Kier alpha value is -2.52. The fourth-order valence-electron chi connectivity index (χ4n) is 2.66. The molecule has 1 heterocycles. The number of hydrogen-bond donors (Lipinski definition) is 2. The normalized spacial score (nSPS) is 11.2. The molecular formula is C21H20ClN3O3S2. The van der Waals surface area contributed by atoms with Crippen LogP contribution in [0.5, 0.6) is 0 Å². The van der Waals surface area contributed by atoms with Gasteiger partial charge in [-0.2, -0.15) is 0 Å². The van der Waals surface area contributed by atoms with Gasteiger partial charge in [-0.15, -0.1) is 17.9 Å². The molecule has 2 N–H and O–H groups in total. The summed E-state index contributed by atoms with van der Waals surface area (Å²) in [5.41, 5.74) is 2.70. The number of hydrogen-bond acceptors (Lipinski definition) is 5. The largest absolute Gasteiger partial charge is 0.326 e. The number of carbonyl (C=O) groups excluding carboxylic acids is 1. The maximum atomic E-state index is 12.3. The summed E-state index contributed by atoms with van der Waals surface area (Å²) in [6, 6.07) is 14.1. The van der Waals surface area contributed by atoms with Crippen LogP contribution < -0.4 is 10.0 Å². The Bertz CT molecular complexity index is 1140. The highest BCUT2D eigenvalue weighted by molar-refractivity contribution is 7.88. The van der Waals surface area contributed by atoms with Crippen LogP contribution in [0.1, 0.15) is 11.3 Å². The molecule has 0 aliphatic carbocycles. The molecule has 0 bridgehead atoms. The fraction of sp³-hybridized carbons (Fsp3) is 0.143. The number of carbonyl (C=O) groups is 1. The zero-order valence-electron chi connectivity index (χ0n) is 16.0. The van der Waals surface area contributed by atoms with Gasteiger partial charge in [-0.3, -0.25) is 4.79 Å². The number of rotatable bonds is 9. The third-order valence-corrected chi connectivity index (χ3v) is 6.61. The number of benzene rings is 2. The number of nitrogens with zero attached hydrogens (tertiary/aromatic N) is 1. The summed E-state index contributed by atoms with van der Waals surface area (Å²) in [4.78, 5) is 16.8. The summed E-state index contributed by atoms with van der Waals surface area (Å²) in [5, 5.41) is 6.01. The lowest BCUT2D eigenvalue weighted by molar-refractivity contribution is -0.115. The first-order chi connectivity index (χ1) is 14.4. The lowest BCUT2D eigenvalue weighted by Crippen LogP contribution is -2.25. The first-order valence-electron chi connectivity index (χ1n) is 9.02. The minimum atomic E-state index is -3.42. The van der Waals surface area contributed by atoms with Crippen LogP contribution in [-0.4, -0.2) is 25.9 Å². The minimum Gasteiger partial charge on any atom is -0.326 e. The summed E-state index contributed by atoms with van der Waals surface area (Å²) < 4.78 is 26.2. The Morgan fingerprint density at radius 1 is 1.17 bits per heavy atom. The highest BCUT2D eigenvalue weighted by atomic mass is 35.5. The van der Waals surface area contributed by atoms with Crippen LogP contribution in [-0.2, 0) is 27.0 Å². The summed E-state index contributed by atoms with van der Waals surface area (Å²) in [6.07, 6.45) is 1.61. The summed E-state index contributed by atoms with van der Waals surface area (Å²) >= 11 is 7.63. The predicted octanol–water partition coefficient (Wildman–Crippen LogP) is 4.25. The lowest BCUT2D eigenvalue weighted by atomic mass is 10.2. The van der Waals surface area contributed by atoms with E-state index in [1.165, 1.54) is 17.4 Å². The smallest absolute Gasteiger partial charge is 0.230 e. The number of amides is 1. The van der Waals surface area contributed by atoms with E-state index in [1.807, 2.05) is 23.6 Å². The highest BCUT2D eigenvalue weighted by Crippen LogP contribution is 2.30. The van der Waals surface area contributed by atoms with Crippen molar-refractivity contribution in [2.45, 2.75) is 12.2 Å². The van der Waals surface area contributed by atoms with Crippen molar-refractivity contribution in [3.05, 3.63) is 82.8 Å². The second-order valence-corrected chi connectivity index (χ2v) is 9.51. The number of aromatic nitrogens is 1. The van der Waals surface area contributed by atoms with Crippen LogP contribution in [0, 0.1) is 0 Å². The first-order valence-corrected chi connectivity index (χ1v) is 11.9. The van der Waals surface area contributed by atoms with Crippen molar-refractivity contribution >= 4 is 44.6 Å². The summed E-state index contributed by atoms with van der Waals surface area (Å²) in [5.74, 6) is -0.349. The molecular weight excluding hydrogens is 442 g/mol. The second kappa shape index (κ2) is 9.99. The number of halogens is 1. The SMILES string of the molecule is C=CCNS(=O)(=O)Cc1ccc(NC(=O)Cc2csc(-c3ccccc3Cl)n2)cc1. The zero-order valence-corrected chi connectivity index (χ0v) is 18.4. The summed E-state index contributed by atoms with van der Waals surface area (Å²) in [7, 11) is -3.42. The van der Waals surface area contributed by atoms with Gasteiger partial charge in [0.15, 0.2) is 0 Å². The molecule has 156 valence electrons. The molecule has 0 aliphatic heterocycles. The Balaban J connectivity index is 1.58. The fourth-order valence-corrected chi connectivity index (χ4v) is 4.90. The van der Waals surface area contributed by atoms with Gasteiger partial charge in [0.2, 0.25) is 15.9 Å². The molecule has 0 spiro atoms. The predicted molar refractivity (Wildman–Crippen MR) is 122 cm³/mol. The van der Waals surface area contributed by atoms with Gasteiger partial charge in [0.1, 0.15) is 5.01 Å². The van der Waals surface area contributed by atoms with E-state index in [4.69, 9.17) is 11.6 Å². The second-order valence-electron chi connectivity index (χ2n) is 6.44. The van der Waals surface area contributed by atoms with Crippen molar-refractivity contribution < 1.29 is 13.2 Å². The third-order valence-electron chi connectivity index (χ3n) is 4.04.